The first-order valence-corrected chi connectivity index (χ1v) is 12.5. The molecule has 1 fully saturated rings. The Kier molecular flexibility index (Phi) is 8.88. The molecule has 0 unspecified atom stereocenters. The summed E-state index contributed by atoms with van der Waals surface area (Å²) in [5.74, 6) is -2.16. The average Bonchev–Trinajstić information content (AvgIpc) is 2.94. The SMILES string of the molecule is C=CCN(CC(=O)Nc1ccc(N2CCN(C(=O)Nc3ccccc3F)CC2)cc1)C(=O)c1ccccc1F. The van der Waals surface area contributed by atoms with Crippen LogP contribution < -0.4 is 15.5 Å². The number of urea groups is 1. The van der Waals surface area contributed by atoms with Gasteiger partial charge in [-0.25, -0.2) is 13.6 Å². The van der Waals surface area contributed by atoms with Crippen LogP contribution in [0.2, 0.25) is 0 Å². The Bertz CT molecular complexity index is 1340. The van der Waals surface area contributed by atoms with Gasteiger partial charge >= 0.3 is 6.03 Å². The number of anilines is 3. The summed E-state index contributed by atoms with van der Waals surface area (Å²) in [4.78, 5) is 42.9. The van der Waals surface area contributed by atoms with Gasteiger partial charge in [0.25, 0.3) is 5.91 Å². The first-order chi connectivity index (χ1) is 18.9. The number of halogens is 2. The van der Waals surface area contributed by atoms with Crippen LogP contribution in [0.4, 0.5) is 30.6 Å². The third kappa shape index (κ3) is 6.98. The number of carbonyl (C=O) groups is 3. The van der Waals surface area contributed by atoms with Crippen molar-refractivity contribution in [1.29, 1.82) is 0 Å². The van der Waals surface area contributed by atoms with E-state index in [-0.39, 0.29) is 30.4 Å². The van der Waals surface area contributed by atoms with Crippen molar-refractivity contribution in [2.75, 3.05) is 54.8 Å². The van der Waals surface area contributed by atoms with E-state index >= 15 is 0 Å². The van der Waals surface area contributed by atoms with Crippen molar-refractivity contribution in [2.24, 2.45) is 0 Å². The largest absolute Gasteiger partial charge is 0.368 e. The predicted octanol–water partition coefficient (Wildman–Crippen LogP) is 4.59. The summed E-state index contributed by atoms with van der Waals surface area (Å²) in [6, 6.07) is 18.5. The van der Waals surface area contributed by atoms with Gasteiger partial charge in [0.05, 0.1) is 11.3 Å². The number of amides is 4. The van der Waals surface area contributed by atoms with E-state index in [0.29, 0.717) is 31.9 Å². The molecule has 0 aliphatic carbocycles. The fraction of sp³-hybridized carbons (Fsp3) is 0.207. The first-order valence-electron chi connectivity index (χ1n) is 12.5. The summed E-state index contributed by atoms with van der Waals surface area (Å²) in [5, 5.41) is 5.37. The van der Waals surface area contributed by atoms with Crippen LogP contribution in [-0.4, -0.2) is 66.9 Å². The molecule has 202 valence electrons. The minimum Gasteiger partial charge on any atom is -0.368 e. The van der Waals surface area contributed by atoms with Gasteiger partial charge in [-0.05, 0) is 48.5 Å². The molecule has 0 radical (unpaired) electrons. The average molecular weight is 534 g/mol. The van der Waals surface area contributed by atoms with Crippen molar-refractivity contribution in [2.45, 2.75) is 0 Å². The van der Waals surface area contributed by atoms with Gasteiger partial charge in [0, 0.05) is 44.1 Å². The molecular weight excluding hydrogens is 504 g/mol. The lowest BCUT2D eigenvalue weighted by molar-refractivity contribution is -0.116. The van der Waals surface area contributed by atoms with Crippen molar-refractivity contribution in [3.8, 4) is 0 Å². The van der Waals surface area contributed by atoms with Crippen LogP contribution in [0.15, 0.2) is 85.5 Å². The highest BCUT2D eigenvalue weighted by Crippen LogP contribution is 2.21. The van der Waals surface area contributed by atoms with E-state index in [1.807, 2.05) is 12.1 Å². The molecule has 1 saturated heterocycles. The van der Waals surface area contributed by atoms with Gasteiger partial charge in [-0.1, -0.05) is 30.3 Å². The molecule has 0 aromatic heterocycles. The Morgan fingerprint density at radius 3 is 2.13 bits per heavy atom. The fourth-order valence-corrected chi connectivity index (χ4v) is 4.23. The second-order valence-corrected chi connectivity index (χ2v) is 8.93. The number of carbonyl (C=O) groups excluding carboxylic acids is 3. The molecule has 0 spiro atoms. The lowest BCUT2D eigenvalue weighted by Crippen LogP contribution is -2.50. The summed E-state index contributed by atoms with van der Waals surface area (Å²) in [7, 11) is 0. The minimum atomic E-state index is -0.654. The first kappa shape index (κ1) is 27.3. The van der Waals surface area contributed by atoms with Crippen molar-refractivity contribution in [3.63, 3.8) is 0 Å². The molecule has 0 atom stereocenters. The van der Waals surface area contributed by atoms with Gasteiger partial charge in [0.2, 0.25) is 5.91 Å². The van der Waals surface area contributed by atoms with Crippen LogP contribution in [0, 0.1) is 11.6 Å². The zero-order chi connectivity index (χ0) is 27.8. The molecule has 1 heterocycles. The highest BCUT2D eigenvalue weighted by atomic mass is 19.1. The molecule has 1 aliphatic heterocycles. The molecular formula is C29H29F2N5O3. The normalized spacial score (nSPS) is 13.0. The maximum atomic E-state index is 14.1. The number of nitrogens with zero attached hydrogens (tertiary/aromatic N) is 3. The zero-order valence-corrected chi connectivity index (χ0v) is 21.3. The van der Waals surface area contributed by atoms with Crippen LogP contribution in [-0.2, 0) is 4.79 Å². The number of hydrogen-bond acceptors (Lipinski definition) is 4. The zero-order valence-electron chi connectivity index (χ0n) is 21.3. The van der Waals surface area contributed by atoms with Crippen LogP contribution >= 0.6 is 0 Å². The number of hydrogen-bond donors (Lipinski definition) is 2. The number of nitrogens with one attached hydrogen (secondary N) is 2. The molecule has 39 heavy (non-hydrogen) atoms. The predicted molar refractivity (Wildman–Crippen MR) is 147 cm³/mol. The van der Waals surface area contributed by atoms with Gasteiger partial charge in [-0.3, -0.25) is 9.59 Å². The van der Waals surface area contributed by atoms with E-state index in [1.165, 1.54) is 41.3 Å². The van der Waals surface area contributed by atoms with E-state index < -0.39 is 23.4 Å². The summed E-state index contributed by atoms with van der Waals surface area (Å²) >= 11 is 0. The second-order valence-electron chi connectivity index (χ2n) is 8.93. The molecule has 3 aromatic rings. The topological polar surface area (TPSA) is 85.0 Å². The maximum absolute atomic E-state index is 14.1. The van der Waals surface area contributed by atoms with Crippen LogP contribution in [0.3, 0.4) is 0 Å². The van der Waals surface area contributed by atoms with Gasteiger partial charge in [0.1, 0.15) is 18.2 Å². The van der Waals surface area contributed by atoms with Gasteiger partial charge in [-0.15, -0.1) is 6.58 Å². The Morgan fingerprint density at radius 2 is 1.49 bits per heavy atom. The molecule has 3 aromatic carbocycles. The van der Waals surface area contributed by atoms with Crippen molar-refractivity contribution in [3.05, 3.63) is 103 Å². The lowest BCUT2D eigenvalue weighted by Gasteiger charge is -2.36. The Morgan fingerprint density at radius 1 is 0.846 bits per heavy atom. The maximum Gasteiger partial charge on any atom is 0.322 e. The van der Waals surface area contributed by atoms with Crippen LogP contribution in [0.25, 0.3) is 0 Å². The minimum absolute atomic E-state index is 0.0871. The summed E-state index contributed by atoms with van der Waals surface area (Å²) in [6.07, 6.45) is 1.48. The number of piperazine rings is 1. The summed E-state index contributed by atoms with van der Waals surface area (Å²) in [6.45, 7) is 5.55. The molecule has 10 heteroatoms. The van der Waals surface area contributed by atoms with E-state index in [2.05, 4.69) is 22.1 Å². The molecule has 0 bridgehead atoms. The Balaban J connectivity index is 1.29. The molecule has 8 nitrogen and oxygen atoms in total. The quantitative estimate of drug-likeness (QED) is 0.415. The second kappa shape index (κ2) is 12.7. The molecule has 2 N–H and O–H groups in total. The Labute approximate surface area is 225 Å². The summed E-state index contributed by atoms with van der Waals surface area (Å²) < 4.78 is 27.9. The van der Waals surface area contributed by atoms with Crippen molar-refractivity contribution >= 4 is 34.9 Å². The lowest BCUT2D eigenvalue weighted by atomic mass is 10.2. The van der Waals surface area contributed by atoms with Crippen molar-refractivity contribution < 1.29 is 23.2 Å². The van der Waals surface area contributed by atoms with E-state index in [0.717, 1.165) is 5.69 Å². The molecule has 4 amide bonds. The van der Waals surface area contributed by atoms with Crippen LogP contribution in [0.5, 0.6) is 0 Å². The van der Waals surface area contributed by atoms with Crippen LogP contribution in [0.1, 0.15) is 10.4 Å². The number of benzene rings is 3. The third-order valence-electron chi connectivity index (χ3n) is 6.27. The smallest absolute Gasteiger partial charge is 0.322 e. The van der Waals surface area contributed by atoms with Crippen molar-refractivity contribution in [1.82, 2.24) is 9.80 Å². The monoisotopic (exact) mass is 533 g/mol. The third-order valence-corrected chi connectivity index (χ3v) is 6.27. The summed E-state index contributed by atoms with van der Waals surface area (Å²) in [5.41, 5.74) is 1.50. The highest BCUT2D eigenvalue weighted by molar-refractivity contribution is 5.99. The van der Waals surface area contributed by atoms with E-state index in [9.17, 15) is 23.2 Å². The van der Waals surface area contributed by atoms with E-state index in [4.69, 9.17) is 0 Å². The molecule has 0 saturated carbocycles. The van der Waals surface area contributed by atoms with Gasteiger partial charge in [0.15, 0.2) is 0 Å². The number of rotatable bonds is 8. The molecule has 1 aliphatic rings. The standard InChI is InChI=1S/C29H29F2N5O3/c1-2-15-36(28(38)23-7-3-4-8-24(23)30)20-27(37)32-21-11-13-22(14-12-21)34-16-18-35(19-17-34)29(39)33-26-10-6-5-9-25(26)31/h2-14H,1,15-20H2,(H,32,37)(H,33,39). The van der Waals surface area contributed by atoms with E-state index in [1.54, 1.807) is 35.2 Å². The van der Waals surface area contributed by atoms with Gasteiger partial charge in [-0.2, -0.15) is 0 Å². The Hall–Kier alpha value is -4.73. The fourth-order valence-electron chi connectivity index (χ4n) is 4.23. The highest BCUT2D eigenvalue weighted by Gasteiger charge is 2.23. The molecule has 4 rings (SSSR count). The number of para-hydroxylation sites is 1. The van der Waals surface area contributed by atoms with Gasteiger partial charge < -0.3 is 25.3 Å².